The summed E-state index contributed by atoms with van der Waals surface area (Å²) in [7, 11) is 5.00. The molecule has 0 saturated carbocycles. The zero-order chi connectivity index (χ0) is 15.5. The van der Waals surface area contributed by atoms with Gasteiger partial charge < -0.3 is 14.2 Å². The minimum atomic E-state index is -0.295. The maximum absolute atomic E-state index is 5.55. The number of fused-ring (bicyclic) bond motifs is 1. The van der Waals surface area contributed by atoms with Crippen molar-refractivity contribution < 1.29 is 14.2 Å². The molecule has 0 aliphatic carbocycles. The molecule has 1 atom stereocenters. The second-order valence-electron chi connectivity index (χ2n) is 5.13. The molecule has 0 bridgehead atoms. The van der Waals surface area contributed by atoms with Gasteiger partial charge in [0, 0.05) is 24.8 Å². The van der Waals surface area contributed by atoms with Gasteiger partial charge in [0.2, 0.25) is 0 Å². The molecule has 4 heteroatoms. The molecule has 0 fully saturated rings. The van der Waals surface area contributed by atoms with Crippen molar-refractivity contribution in [3.63, 3.8) is 0 Å². The van der Waals surface area contributed by atoms with Crippen LogP contribution in [-0.4, -0.2) is 27.0 Å². The lowest BCUT2D eigenvalue weighted by molar-refractivity contribution is 0.109. The molecule has 1 heterocycles. The number of rotatable bonds is 4. The lowest BCUT2D eigenvalue weighted by Crippen LogP contribution is -2.17. The van der Waals surface area contributed by atoms with E-state index in [2.05, 4.69) is 6.07 Å². The fourth-order valence-corrected chi connectivity index (χ4v) is 2.67. The van der Waals surface area contributed by atoms with Crippen LogP contribution in [0.3, 0.4) is 0 Å². The van der Waals surface area contributed by atoms with E-state index in [9.17, 15) is 0 Å². The number of hydrogen-bond acceptors (Lipinski definition) is 4. The Morgan fingerprint density at radius 3 is 2.23 bits per heavy atom. The highest BCUT2D eigenvalue weighted by Crippen LogP contribution is 2.32. The molecule has 22 heavy (non-hydrogen) atoms. The summed E-state index contributed by atoms with van der Waals surface area (Å²) in [6, 6.07) is 14.0. The first-order valence-corrected chi connectivity index (χ1v) is 7.16. The predicted molar refractivity (Wildman–Crippen MR) is 86.0 cm³/mol. The van der Waals surface area contributed by atoms with Crippen molar-refractivity contribution in [3.8, 4) is 11.5 Å². The Morgan fingerprint density at radius 1 is 0.909 bits per heavy atom. The number of nitrogens with zero attached hydrogens (tertiary/aromatic N) is 1. The van der Waals surface area contributed by atoms with Crippen molar-refractivity contribution >= 4 is 5.71 Å². The minimum absolute atomic E-state index is 0.295. The van der Waals surface area contributed by atoms with Gasteiger partial charge in [-0.25, -0.2) is 0 Å². The summed E-state index contributed by atoms with van der Waals surface area (Å²) in [5, 5.41) is 0. The van der Waals surface area contributed by atoms with Gasteiger partial charge in [-0.15, -0.1) is 0 Å². The molecule has 3 rings (SSSR count). The first kappa shape index (κ1) is 14.6. The quantitative estimate of drug-likeness (QED) is 0.868. The Kier molecular flexibility index (Phi) is 4.11. The number of aliphatic imine (C=N–C) groups is 1. The van der Waals surface area contributed by atoms with Crippen LogP contribution in [-0.2, 0) is 11.2 Å². The van der Waals surface area contributed by atoms with Gasteiger partial charge in [0.15, 0.2) is 6.23 Å². The van der Waals surface area contributed by atoms with Crippen LogP contribution in [0.15, 0.2) is 47.5 Å². The first-order chi connectivity index (χ1) is 10.7. The molecule has 114 valence electrons. The van der Waals surface area contributed by atoms with Gasteiger partial charge in [-0.3, -0.25) is 4.99 Å². The zero-order valence-electron chi connectivity index (χ0n) is 13.0. The van der Waals surface area contributed by atoms with Gasteiger partial charge in [-0.1, -0.05) is 6.07 Å². The largest absolute Gasteiger partial charge is 0.497 e. The SMILES string of the molecule is COc1ccc(C2=NC(OC)c3cc(OC)ccc3C2)cc1. The third kappa shape index (κ3) is 2.70. The van der Waals surface area contributed by atoms with Gasteiger partial charge in [0.1, 0.15) is 11.5 Å². The summed E-state index contributed by atoms with van der Waals surface area (Å²) in [6.07, 6.45) is 0.488. The third-order valence-electron chi connectivity index (χ3n) is 3.90. The third-order valence-corrected chi connectivity index (χ3v) is 3.90. The van der Waals surface area contributed by atoms with Crippen LogP contribution in [0, 0.1) is 0 Å². The molecule has 1 aliphatic heterocycles. The van der Waals surface area contributed by atoms with Crippen molar-refractivity contribution in [1.82, 2.24) is 0 Å². The van der Waals surface area contributed by atoms with Crippen LogP contribution in [0.5, 0.6) is 11.5 Å². The molecule has 0 spiro atoms. The summed E-state index contributed by atoms with van der Waals surface area (Å²) in [4.78, 5) is 4.74. The van der Waals surface area contributed by atoms with Gasteiger partial charge >= 0.3 is 0 Å². The number of hydrogen-bond donors (Lipinski definition) is 0. The van der Waals surface area contributed by atoms with Crippen LogP contribution in [0.25, 0.3) is 0 Å². The molecule has 1 unspecified atom stereocenters. The second kappa shape index (κ2) is 6.20. The summed E-state index contributed by atoms with van der Waals surface area (Å²) < 4.78 is 16.0. The molecular formula is C18H19NO3. The maximum atomic E-state index is 5.55. The topological polar surface area (TPSA) is 40.0 Å². The van der Waals surface area contributed by atoms with E-state index in [0.717, 1.165) is 34.8 Å². The Hall–Kier alpha value is -2.33. The van der Waals surface area contributed by atoms with Crippen molar-refractivity contribution in [2.75, 3.05) is 21.3 Å². The Labute approximate surface area is 130 Å². The van der Waals surface area contributed by atoms with E-state index in [1.807, 2.05) is 36.4 Å². The van der Waals surface area contributed by atoms with E-state index >= 15 is 0 Å². The van der Waals surface area contributed by atoms with Crippen molar-refractivity contribution in [3.05, 3.63) is 59.2 Å². The molecular weight excluding hydrogens is 278 g/mol. The standard InChI is InChI=1S/C18H19NO3/c1-20-14-7-4-12(5-8-14)17-10-13-6-9-15(21-2)11-16(13)18(19-17)22-3/h4-9,11,18H,10H2,1-3H3. The second-order valence-corrected chi connectivity index (χ2v) is 5.13. The van der Waals surface area contributed by atoms with Crippen LogP contribution in [0.4, 0.5) is 0 Å². The Bertz CT molecular complexity index is 692. The van der Waals surface area contributed by atoms with E-state index in [4.69, 9.17) is 19.2 Å². The molecule has 0 N–H and O–H groups in total. The molecule has 0 aromatic heterocycles. The minimum Gasteiger partial charge on any atom is -0.497 e. The van der Waals surface area contributed by atoms with Crippen LogP contribution in [0.1, 0.15) is 22.9 Å². The maximum Gasteiger partial charge on any atom is 0.174 e. The lowest BCUT2D eigenvalue weighted by Gasteiger charge is -2.23. The van der Waals surface area contributed by atoms with Gasteiger partial charge in [0.05, 0.1) is 14.2 Å². The summed E-state index contributed by atoms with van der Waals surface area (Å²) in [5.41, 5.74) is 4.39. The average molecular weight is 297 g/mol. The van der Waals surface area contributed by atoms with Gasteiger partial charge in [-0.05, 0) is 47.5 Å². The number of methoxy groups -OCH3 is 3. The fraction of sp³-hybridized carbons (Fsp3) is 0.278. The van der Waals surface area contributed by atoms with Crippen LogP contribution >= 0.6 is 0 Å². The van der Waals surface area contributed by atoms with E-state index < -0.39 is 0 Å². The highest BCUT2D eigenvalue weighted by Gasteiger charge is 2.22. The first-order valence-electron chi connectivity index (χ1n) is 7.16. The Balaban J connectivity index is 1.96. The zero-order valence-corrected chi connectivity index (χ0v) is 13.0. The van der Waals surface area contributed by atoms with E-state index in [-0.39, 0.29) is 6.23 Å². The van der Waals surface area contributed by atoms with Crippen molar-refractivity contribution in [2.45, 2.75) is 12.6 Å². The molecule has 0 radical (unpaired) electrons. The van der Waals surface area contributed by atoms with Gasteiger partial charge in [-0.2, -0.15) is 0 Å². The number of benzene rings is 2. The van der Waals surface area contributed by atoms with Crippen molar-refractivity contribution in [1.29, 1.82) is 0 Å². The molecule has 4 nitrogen and oxygen atoms in total. The van der Waals surface area contributed by atoms with E-state index in [1.54, 1.807) is 21.3 Å². The summed E-state index contributed by atoms with van der Waals surface area (Å²) >= 11 is 0. The smallest absolute Gasteiger partial charge is 0.174 e. The van der Waals surface area contributed by atoms with Crippen LogP contribution in [0.2, 0.25) is 0 Å². The van der Waals surface area contributed by atoms with Crippen LogP contribution < -0.4 is 9.47 Å². The van der Waals surface area contributed by atoms with Crippen molar-refractivity contribution in [2.24, 2.45) is 4.99 Å². The highest BCUT2D eigenvalue weighted by atomic mass is 16.5. The lowest BCUT2D eigenvalue weighted by atomic mass is 9.94. The predicted octanol–water partition coefficient (Wildman–Crippen LogP) is 3.39. The monoisotopic (exact) mass is 297 g/mol. The normalized spacial score (nSPS) is 16.7. The van der Waals surface area contributed by atoms with E-state index in [1.165, 1.54) is 5.56 Å². The molecule has 0 amide bonds. The van der Waals surface area contributed by atoms with Gasteiger partial charge in [0.25, 0.3) is 0 Å². The Morgan fingerprint density at radius 2 is 1.59 bits per heavy atom. The highest BCUT2D eigenvalue weighted by molar-refractivity contribution is 6.03. The molecule has 0 saturated heterocycles. The van der Waals surface area contributed by atoms with E-state index in [0.29, 0.717) is 0 Å². The molecule has 2 aromatic rings. The average Bonchev–Trinajstić information content (AvgIpc) is 2.60. The number of ether oxygens (including phenoxy) is 3. The fourth-order valence-electron chi connectivity index (χ4n) is 2.67. The molecule has 2 aromatic carbocycles. The summed E-state index contributed by atoms with van der Waals surface area (Å²) in [6.45, 7) is 0. The molecule has 1 aliphatic rings. The summed E-state index contributed by atoms with van der Waals surface area (Å²) in [5.74, 6) is 1.66.